The van der Waals surface area contributed by atoms with Gasteiger partial charge in [0, 0.05) is 17.2 Å². The van der Waals surface area contributed by atoms with Crippen LogP contribution in [0.1, 0.15) is 22.9 Å². The van der Waals surface area contributed by atoms with Crippen LogP contribution >= 0.6 is 11.3 Å². The Morgan fingerprint density at radius 2 is 2.23 bits per heavy atom. The highest BCUT2D eigenvalue weighted by molar-refractivity contribution is 7.10. The second-order valence-electron chi connectivity index (χ2n) is 5.15. The molecule has 4 rings (SSSR count). The SMILES string of the molecule is O=C1C[C@@H](c2cccs2)c2ncn(-c3cccc(F)c3)c2N1. The molecule has 1 aromatic carbocycles. The molecule has 1 aliphatic rings. The van der Waals surface area contributed by atoms with Crippen molar-refractivity contribution in [3.63, 3.8) is 0 Å². The molecule has 0 saturated heterocycles. The van der Waals surface area contributed by atoms with Gasteiger partial charge in [-0.3, -0.25) is 9.36 Å². The minimum Gasteiger partial charge on any atom is -0.310 e. The fourth-order valence-electron chi connectivity index (χ4n) is 2.75. The van der Waals surface area contributed by atoms with Crippen LogP contribution in [0.5, 0.6) is 0 Å². The number of halogens is 1. The summed E-state index contributed by atoms with van der Waals surface area (Å²) < 4.78 is 15.2. The van der Waals surface area contributed by atoms with E-state index in [0.29, 0.717) is 17.9 Å². The quantitative estimate of drug-likeness (QED) is 0.786. The van der Waals surface area contributed by atoms with E-state index < -0.39 is 0 Å². The fraction of sp³-hybridized carbons (Fsp3) is 0.125. The standard InChI is InChI=1S/C16H12FN3OS/c17-10-3-1-4-11(7-10)20-9-18-15-12(13-5-2-6-22-13)8-14(21)19-16(15)20/h1-7,9,12H,8H2,(H,19,21)/t12-/m0/s1. The average Bonchev–Trinajstić information content (AvgIpc) is 3.16. The van der Waals surface area contributed by atoms with Crippen LogP contribution in [0.15, 0.2) is 48.1 Å². The van der Waals surface area contributed by atoms with Crippen molar-refractivity contribution in [3.8, 4) is 5.69 Å². The Morgan fingerprint density at radius 1 is 1.32 bits per heavy atom. The lowest BCUT2D eigenvalue weighted by Gasteiger charge is -2.22. The summed E-state index contributed by atoms with van der Waals surface area (Å²) in [5, 5.41) is 4.85. The van der Waals surface area contributed by atoms with Crippen LogP contribution in [0.2, 0.25) is 0 Å². The number of carbonyl (C=O) groups excluding carboxylic acids is 1. The van der Waals surface area contributed by atoms with Crippen LogP contribution in [0.25, 0.3) is 5.69 Å². The Hall–Kier alpha value is -2.47. The second-order valence-corrected chi connectivity index (χ2v) is 6.13. The number of imidazole rings is 1. The van der Waals surface area contributed by atoms with Gasteiger partial charge in [-0.1, -0.05) is 12.1 Å². The maximum Gasteiger partial charge on any atom is 0.226 e. The van der Waals surface area contributed by atoms with Crippen LogP contribution < -0.4 is 5.32 Å². The molecule has 110 valence electrons. The molecular weight excluding hydrogens is 301 g/mol. The third kappa shape index (κ3) is 2.12. The van der Waals surface area contributed by atoms with Crippen molar-refractivity contribution in [2.75, 3.05) is 5.32 Å². The number of nitrogens with zero attached hydrogens (tertiary/aromatic N) is 2. The topological polar surface area (TPSA) is 46.9 Å². The van der Waals surface area contributed by atoms with Gasteiger partial charge in [-0.2, -0.15) is 0 Å². The third-order valence-corrected chi connectivity index (χ3v) is 4.73. The number of amides is 1. The predicted molar refractivity (Wildman–Crippen MR) is 82.9 cm³/mol. The smallest absolute Gasteiger partial charge is 0.226 e. The number of thiophene rings is 1. The van der Waals surface area contributed by atoms with E-state index in [-0.39, 0.29) is 17.6 Å². The van der Waals surface area contributed by atoms with Gasteiger partial charge >= 0.3 is 0 Å². The van der Waals surface area contributed by atoms with Gasteiger partial charge in [0.2, 0.25) is 5.91 Å². The number of hydrogen-bond donors (Lipinski definition) is 1. The molecule has 1 aliphatic heterocycles. The molecule has 0 fully saturated rings. The van der Waals surface area contributed by atoms with E-state index in [1.54, 1.807) is 34.4 Å². The van der Waals surface area contributed by atoms with Crippen LogP contribution in [-0.4, -0.2) is 15.5 Å². The lowest BCUT2D eigenvalue weighted by atomic mass is 9.96. The number of fused-ring (bicyclic) bond motifs is 1. The van der Waals surface area contributed by atoms with Gasteiger partial charge in [-0.25, -0.2) is 9.37 Å². The number of rotatable bonds is 2. The first-order valence-electron chi connectivity index (χ1n) is 6.89. The largest absolute Gasteiger partial charge is 0.310 e. The molecule has 1 amide bonds. The first-order valence-corrected chi connectivity index (χ1v) is 7.77. The lowest BCUT2D eigenvalue weighted by molar-refractivity contribution is -0.116. The number of hydrogen-bond acceptors (Lipinski definition) is 3. The number of carbonyl (C=O) groups is 1. The average molecular weight is 313 g/mol. The van der Waals surface area contributed by atoms with Crippen molar-refractivity contribution in [2.24, 2.45) is 0 Å². The number of anilines is 1. The molecule has 0 aliphatic carbocycles. The molecule has 1 atom stereocenters. The Morgan fingerprint density at radius 3 is 3.00 bits per heavy atom. The maximum absolute atomic E-state index is 13.4. The van der Waals surface area contributed by atoms with E-state index in [0.717, 1.165) is 10.6 Å². The normalized spacial score (nSPS) is 17.1. The van der Waals surface area contributed by atoms with Crippen LogP contribution in [0.4, 0.5) is 10.2 Å². The van der Waals surface area contributed by atoms with Gasteiger partial charge in [-0.05, 0) is 29.6 Å². The van der Waals surface area contributed by atoms with Crippen molar-refractivity contribution < 1.29 is 9.18 Å². The molecule has 3 heterocycles. The molecule has 4 nitrogen and oxygen atoms in total. The molecular formula is C16H12FN3OS. The van der Waals surface area contributed by atoms with Crippen LogP contribution in [0, 0.1) is 5.82 Å². The zero-order valence-corrected chi connectivity index (χ0v) is 12.3. The summed E-state index contributed by atoms with van der Waals surface area (Å²) >= 11 is 1.61. The first-order chi connectivity index (χ1) is 10.7. The number of aromatic nitrogens is 2. The summed E-state index contributed by atoms with van der Waals surface area (Å²) in [5.74, 6) is 0.208. The third-order valence-electron chi connectivity index (χ3n) is 3.75. The van der Waals surface area contributed by atoms with E-state index in [1.807, 2.05) is 17.5 Å². The van der Waals surface area contributed by atoms with Crippen LogP contribution in [0.3, 0.4) is 0 Å². The number of nitrogens with one attached hydrogen (secondary N) is 1. The Balaban J connectivity index is 1.84. The van der Waals surface area contributed by atoms with Gasteiger partial charge in [0.1, 0.15) is 18.0 Å². The van der Waals surface area contributed by atoms with Gasteiger partial charge in [0.05, 0.1) is 11.4 Å². The summed E-state index contributed by atoms with van der Waals surface area (Å²) in [6, 6.07) is 10.2. The van der Waals surface area contributed by atoms with Gasteiger partial charge in [0.25, 0.3) is 0 Å². The summed E-state index contributed by atoms with van der Waals surface area (Å²) in [7, 11) is 0. The minimum atomic E-state index is -0.322. The zero-order valence-electron chi connectivity index (χ0n) is 11.5. The monoisotopic (exact) mass is 313 g/mol. The molecule has 2 aromatic heterocycles. The summed E-state index contributed by atoms with van der Waals surface area (Å²) in [4.78, 5) is 17.6. The van der Waals surface area contributed by atoms with Crippen molar-refractivity contribution in [3.05, 3.63) is 64.5 Å². The lowest BCUT2D eigenvalue weighted by Crippen LogP contribution is -2.24. The Bertz CT molecular complexity index is 841. The van der Waals surface area contributed by atoms with E-state index in [2.05, 4.69) is 10.3 Å². The zero-order chi connectivity index (χ0) is 15.1. The van der Waals surface area contributed by atoms with Crippen molar-refractivity contribution >= 4 is 23.1 Å². The molecule has 22 heavy (non-hydrogen) atoms. The second kappa shape index (κ2) is 5.06. The van der Waals surface area contributed by atoms with Crippen molar-refractivity contribution in [1.29, 1.82) is 0 Å². The molecule has 0 spiro atoms. The highest BCUT2D eigenvalue weighted by Crippen LogP contribution is 2.38. The van der Waals surface area contributed by atoms with Crippen molar-refractivity contribution in [1.82, 2.24) is 9.55 Å². The Labute approximate surface area is 130 Å². The molecule has 0 radical (unpaired) electrons. The van der Waals surface area contributed by atoms with Gasteiger partial charge < -0.3 is 5.32 Å². The maximum atomic E-state index is 13.4. The van der Waals surface area contributed by atoms with Gasteiger partial charge in [-0.15, -0.1) is 11.3 Å². The minimum absolute atomic E-state index is 0.0430. The van der Waals surface area contributed by atoms with Crippen LogP contribution in [-0.2, 0) is 4.79 Å². The fourth-order valence-corrected chi connectivity index (χ4v) is 3.58. The van der Waals surface area contributed by atoms with Crippen molar-refractivity contribution in [2.45, 2.75) is 12.3 Å². The molecule has 0 bridgehead atoms. The highest BCUT2D eigenvalue weighted by atomic mass is 32.1. The molecule has 0 unspecified atom stereocenters. The molecule has 0 saturated carbocycles. The molecule has 1 N–H and O–H groups in total. The molecule has 3 aromatic rings. The summed E-state index contributed by atoms with van der Waals surface area (Å²) in [6.45, 7) is 0. The Kier molecular flexibility index (Phi) is 3.04. The summed E-state index contributed by atoms with van der Waals surface area (Å²) in [6.07, 6.45) is 2.01. The molecule has 6 heteroatoms. The van der Waals surface area contributed by atoms with Gasteiger partial charge in [0.15, 0.2) is 0 Å². The van der Waals surface area contributed by atoms with E-state index in [9.17, 15) is 9.18 Å². The summed E-state index contributed by atoms with van der Waals surface area (Å²) in [5.41, 5.74) is 1.46. The predicted octanol–water partition coefficient (Wildman–Crippen LogP) is 3.55. The van der Waals surface area contributed by atoms with E-state index in [4.69, 9.17) is 0 Å². The highest BCUT2D eigenvalue weighted by Gasteiger charge is 2.31. The van der Waals surface area contributed by atoms with E-state index >= 15 is 0 Å². The number of benzene rings is 1. The van der Waals surface area contributed by atoms with E-state index in [1.165, 1.54) is 12.1 Å². The first kappa shape index (κ1) is 13.2.